The van der Waals surface area contributed by atoms with Crippen LogP contribution in [0, 0.1) is 12.7 Å². The average molecular weight is 233 g/mol. The summed E-state index contributed by atoms with van der Waals surface area (Å²) in [5, 5.41) is 8.92. The van der Waals surface area contributed by atoms with E-state index in [1.54, 1.807) is 32.2 Å². The molecule has 2 aromatic rings. The molecule has 0 aliphatic heterocycles. The van der Waals surface area contributed by atoms with Crippen molar-refractivity contribution in [2.45, 2.75) is 6.92 Å². The summed E-state index contributed by atoms with van der Waals surface area (Å²) in [6, 6.07) is 7.97. The Morgan fingerprint density at radius 3 is 2.53 bits per heavy atom. The molecule has 4 heteroatoms. The molecule has 0 spiro atoms. The number of carboxylic acid groups (broad SMARTS) is 1. The Labute approximate surface area is 98.1 Å². The molecule has 0 saturated carbocycles. The van der Waals surface area contributed by atoms with Crippen LogP contribution in [0.3, 0.4) is 0 Å². The van der Waals surface area contributed by atoms with E-state index >= 15 is 0 Å². The van der Waals surface area contributed by atoms with E-state index in [2.05, 4.69) is 0 Å². The van der Waals surface area contributed by atoms with Crippen LogP contribution < -0.4 is 0 Å². The molecular formula is C13H12FNO2. The Morgan fingerprint density at radius 2 is 2.00 bits per heavy atom. The zero-order valence-electron chi connectivity index (χ0n) is 9.57. The standard InChI is InChI=1S/C13H12FNO2/c1-8-3-4-9(10(14)7-8)11-5-6-12(13(16)17)15(11)2/h3-7H,1-2H3,(H,16,17). The summed E-state index contributed by atoms with van der Waals surface area (Å²) in [6.07, 6.45) is 0. The molecule has 1 N–H and O–H groups in total. The van der Waals surface area contributed by atoms with Gasteiger partial charge in [0.2, 0.25) is 0 Å². The third-order valence-corrected chi connectivity index (χ3v) is 2.74. The minimum atomic E-state index is -1.02. The van der Waals surface area contributed by atoms with E-state index < -0.39 is 5.97 Å². The molecule has 88 valence electrons. The highest BCUT2D eigenvalue weighted by Gasteiger charge is 2.14. The van der Waals surface area contributed by atoms with Crippen molar-refractivity contribution < 1.29 is 14.3 Å². The Hall–Kier alpha value is -2.10. The van der Waals surface area contributed by atoms with Gasteiger partial charge < -0.3 is 9.67 Å². The van der Waals surface area contributed by atoms with Gasteiger partial charge in [-0.2, -0.15) is 0 Å². The van der Waals surface area contributed by atoms with Crippen molar-refractivity contribution in [1.29, 1.82) is 0 Å². The molecule has 2 rings (SSSR count). The summed E-state index contributed by atoms with van der Waals surface area (Å²) in [7, 11) is 1.61. The summed E-state index contributed by atoms with van der Waals surface area (Å²) in [5.41, 5.74) is 1.93. The second-order valence-corrected chi connectivity index (χ2v) is 3.95. The van der Waals surface area contributed by atoms with Crippen molar-refractivity contribution in [2.24, 2.45) is 7.05 Å². The van der Waals surface area contributed by atoms with Gasteiger partial charge in [-0.1, -0.05) is 6.07 Å². The number of aromatic nitrogens is 1. The lowest BCUT2D eigenvalue weighted by atomic mass is 10.1. The monoisotopic (exact) mass is 233 g/mol. The fraction of sp³-hybridized carbons (Fsp3) is 0.154. The number of carbonyl (C=O) groups is 1. The van der Waals surface area contributed by atoms with Crippen LogP contribution in [0.15, 0.2) is 30.3 Å². The topological polar surface area (TPSA) is 42.2 Å². The summed E-state index contributed by atoms with van der Waals surface area (Å²) in [6.45, 7) is 1.81. The zero-order chi connectivity index (χ0) is 12.6. The number of hydrogen-bond donors (Lipinski definition) is 1. The molecular weight excluding hydrogens is 221 g/mol. The first-order valence-corrected chi connectivity index (χ1v) is 5.16. The zero-order valence-corrected chi connectivity index (χ0v) is 9.57. The Balaban J connectivity index is 2.57. The van der Waals surface area contributed by atoms with E-state index in [-0.39, 0.29) is 11.5 Å². The predicted molar refractivity (Wildman–Crippen MR) is 62.5 cm³/mol. The van der Waals surface area contributed by atoms with Gasteiger partial charge >= 0.3 is 5.97 Å². The maximum absolute atomic E-state index is 13.8. The van der Waals surface area contributed by atoms with E-state index in [9.17, 15) is 9.18 Å². The minimum absolute atomic E-state index is 0.139. The fourth-order valence-electron chi connectivity index (χ4n) is 1.82. The second-order valence-electron chi connectivity index (χ2n) is 3.95. The average Bonchev–Trinajstić information content (AvgIpc) is 2.60. The summed E-state index contributed by atoms with van der Waals surface area (Å²) in [4.78, 5) is 10.9. The van der Waals surface area contributed by atoms with E-state index in [0.717, 1.165) is 5.56 Å². The van der Waals surface area contributed by atoms with Crippen LogP contribution in [0.2, 0.25) is 0 Å². The SMILES string of the molecule is Cc1ccc(-c2ccc(C(=O)O)n2C)c(F)c1. The van der Waals surface area contributed by atoms with Gasteiger partial charge in [0.05, 0.1) is 5.69 Å². The number of halogens is 1. The third kappa shape index (κ3) is 1.93. The first-order valence-electron chi connectivity index (χ1n) is 5.16. The van der Waals surface area contributed by atoms with Gasteiger partial charge in [-0.25, -0.2) is 9.18 Å². The molecule has 0 aliphatic rings. The Morgan fingerprint density at radius 1 is 1.29 bits per heavy atom. The van der Waals surface area contributed by atoms with E-state index in [4.69, 9.17) is 5.11 Å². The van der Waals surface area contributed by atoms with Crippen LogP contribution in [0.5, 0.6) is 0 Å². The number of aryl methyl sites for hydroxylation is 1. The highest BCUT2D eigenvalue weighted by atomic mass is 19.1. The van der Waals surface area contributed by atoms with E-state index in [1.807, 2.05) is 0 Å². The van der Waals surface area contributed by atoms with Gasteiger partial charge in [-0.05, 0) is 36.8 Å². The number of hydrogen-bond acceptors (Lipinski definition) is 1. The summed E-state index contributed by atoms with van der Waals surface area (Å²) < 4.78 is 15.2. The number of carboxylic acids is 1. The van der Waals surface area contributed by atoms with Crippen molar-refractivity contribution in [1.82, 2.24) is 4.57 Å². The lowest BCUT2D eigenvalue weighted by Crippen LogP contribution is -2.05. The quantitative estimate of drug-likeness (QED) is 0.866. The smallest absolute Gasteiger partial charge is 0.352 e. The molecule has 0 aliphatic carbocycles. The van der Waals surface area contributed by atoms with Crippen molar-refractivity contribution in [2.75, 3.05) is 0 Å². The number of nitrogens with zero attached hydrogens (tertiary/aromatic N) is 1. The molecule has 0 amide bonds. The van der Waals surface area contributed by atoms with E-state index in [1.165, 1.54) is 16.7 Å². The van der Waals surface area contributed by atoms with Gasteiger partial charge in [-0.15, -0.1) is 0 Å². The molecule has 0 radical (unpaired) electrons. The molecule has 1 heterocycles. The van der Waals surface area contributed by atoms with Crippen LogP contribution in [0.4, 0.5) is 4.39 Å². The lowest BCUT2D eigenvalue weighted by molar-refractivity contribution is 0.0686. The molecule has 1 aromatic carbocycles. The first-order chi connectivity index (χ1) is 8.00. The first kappa shape index (κ1) is 11.4. The summed E-state index contributed by atoms with van der Waals surface area (Å²) in [5.74, 6) is -1.37. The van der Waals surface area contributed by atoms with Gasteiger partial charge in [0.25, 0.3) is 0 Å². The largest absolute Gasteiger partial charge is 0.477 e. The van der Waals surface area contributed by atoms with Crippen LogP contribution >= 0.6 is 0 Å². The summed E-state index contributed by atoms with van der Waals surface area (Å²) >= 11 is 0. The molecule has 1 aromatic heterocycles. The molecule has 0 unspecified atom stereocenters. The molecule has 0 atom stereocenters. The fourth-order valence-corrected chi connectivity index (χ4v) is 1.82. The van der Waals surface area contributed by atoms with Crippen molar-refractivity contribution >= 4 is 5.97 Å². The molecule has 0 fully saturated rings. The van der Waals surface area contributed by atoms with Crippen LogP contribution in [0.1, 0.15) is 16.1 Å². The minimum Gasteiger partial charge on any atom is -0.477 e. The van der Waals surface area contributed by atoms with Gasteiger partial charge in [0.15, 0.2) is 0 Å². The normalized spacial score (nSPS) is 10.5. The van der Waals surface area contributed by atoms with E-state index in [0.29, 0.717) is 11.3 Å². The maximum atomic E-state index is 13.8. The number of aromatic carboxylic acids is 1. The third-order valence-electron chi connectivity index (χ3n) is 2.74. The van der Waals surface area contributed by atoms with Crippen LogP contribution in [0.25, 0.3) is 11.3 Å². The molecule has 0 saturated heterocycles. The van der Waals surface area contributed by atoms with Crippen LogP contribution in [-0.2, 0) is 7.05 Å². The second kappa shape index (κ2) is 4.05. The lowest BCUT2D eigenvalue weighted by Gasteiger charge is -2.07. The highest BCUT2D eigenvalue weighted by Crippen LogP contribution is 2.25. The molecule has 17 heavy (non-hydrogen) atoms. The number of benzene rings is 1. The highest BCUT2D eigenvalue weighted by molar-refractivity contribution is 5.87. The Kier molecular flexibility index (Phi) is 2.71. The van der Waals surface area contributed by atoms with Crippen molar-refractivity contribution in [3.63, 3.8) is 0 Å². The van der Waals surface area contributed by atoms with Gasteiger partial charge in [0, 0.05) is 12.6 Å². The molecule has 0 bridgehead atoms. The number of rotatable bonds is 2. The molecule has 3 nitrogen and oxygen atoms in total. The van der Waals surface area contributed by atoms with Crippen LogP contribution in [-0.4, -0.2) is 15.6 Å². The predicted octanol–water partition coefficient (Wildman–Crippen LogP) is 2.84. The Bertz CT molecular complexity index is 587. The van der Waals surface area contributed by atoms with Crippen molar-refractivity contribution in [3.05, 3.63) is 47.4 Å². The van der Waals surface area contributed by atoms with Crippen molar-refractivity contribution in [3.8, 4) is 11.3 Å². The van der Waals surface area contributed by atoms with Gasteiger partial charge in [0.1, 0.15) is 11.5 Å². The van der Waals surface area contributed by atoms with Gasteiger partial charge in [-0.3, -0.25) is 0 Å². The maximum Gasteiger partial charge on any atom is 0.352 e.